The third-order valence-electron chi connectivity index (χ3n) is 5.59. The first kappa shape index (κ1) is 24.1. The number of rotatable bonds is 6. The van der Waals surface area contributed by atoms with Crippen molar-refractivity contribution in [2.45, 2.75) is 31.0 Å². The highest BCUT2D eigenvalue weighted by Gasteiger charge is 2.44. The molecule has 0 unspecified atom stereocenters. The molecule has 0 radical (unpaired) electrons. The van der Waals surface area contributed by atoms with E-state index in [9.17, 15) is 28.0 Å². The van der Waals surface area contributed by atoms with Crippen LogP contribution in [-0.4, -0.2) is 47.3 Å². The summed E-state index contributed by atoms with van der Waals surface area (Å²) in [5.74, 6) is -0.614. The van der Waals surface area contributed by atoms with Gasteiger partial charge in [0, 0.05) is 32.6 Å². The Morgan fingerprint density at radius 3 is 2.09 bits per heavy atom. The molecule has 33 heavy (non-hydrogen) atoms. The monoisotopic (exact) mass is 461 g/mol. The van der Waals surface area contributed by atoms with Crippen LogP contribution in [0.3, 0.4) is 0 Å². The number of hydrogen-bond acceptors (Lipinski definition) is 4. The van der Waals surface area contributed by atoms with Gasteiger partial charge in [0.25, 0.3) is 5.91 Å². The number of ether oxygens (including phenoxy) is 1. The van der Waals surface area contributed by atoms with E-state index in [1.165, 1.54) is 12.1 Å². The Bertz CT molecular complexity index is 1020. The average molecular weight is 461 g/mol. The molecule has 0 saturated carbocycles. The standard InChI is InChI=1S/C23H22F3N3O4/c24-23(25,26)19-7-5-18(6-8-19)17-3-1-16(2-4-17)9-12-29(15-27)20(30)22(28-21(31)32)10-13-33-14-11-22/h1-8,28H,9-14H2,(H,31,32). The number of hydrogen-bond donors (Lipinski definition) is 2. The molecule has 7 nitrogen and oxygen atoms in total. The normalized spacial score (nSPS) is 15.3. The van der Waals surface area contributed by atoms with Crippen molar-refractivity contribution in [2.24, 2.45) is 0 Å². The maximum absolute atomic E-state index is 13.0. The fourth-order valence-electron chi connectivity index (χ4n) is 3.73. The maximum Gasteiger partial charge on any atom is 0.416 e. The molecule has 3 rings (SSSR count). The maximum atomic E-state index is 13.0. The van der Waals surface area contributed by atoms with Crippen molar-refractivity contribution in [3.05, 3.63) is 59.7 Å². The van der Waals surface area contributed by atoms with E-state index in [4.69, 9.17) is 9.84 Å². The predicted octanol–water partition coefficient (Wildman–Crippen LogP) is 4.04. The summed E-state index contributed by atoms with van der Waals surface area (Å²) in [5.41, 5.74) is 0.0542. The minimum absolute atomic E-state index is 0.0544. The summed E-state index contributed by atoms with van der Waals surface area (Å²) in [4.78, 5) is 25.2. The first-order chi connectivity index (χ1) is 15.6. The predicted molar refractivity (Wildman–Crippen MR) is 112 cm³/mol. The Kier molecular flexibility index (Phi) is 7.23. The second-order valence-electron chi connectivity index (χ2n) is 7.70. The van der Waals surface area contributed by atoms with E-state index in [1.54, 1.807) is 24.3 Å². The molecule has 1 aliphatic heterocycles. The van der Waals surface area contributed by atoms with Gasteiger partial charge >= 0.3 is 12.3 Å². The van der Waals surface area contributed by atoms with Gasteiger partial charge in [-0.3, -0.25) is 4.79 Å². The van der Waals surface area contributed by atoms with Crippen molar-refractivity contribution in [2.75, 3.05) is 19.8 Å². The third kappa shape index (κ3) is 5.81. The van der Waals surface area contributed by atoms with Gasteiger partial charge in [-0.05, 0) is 35.2 Å². The minimum atomic E-state index is -4.39. The molecule has 2 N–H and O–H groups in total. The lowest BCUT2D eigenvalue weighted by atomic mass is 9.88. The van der Waals surface area contributed by atoms with Crippen molar-refractivity contribution in [3.63, 3.8) is 0 Å². The van der Waals surface area contributed by atoms with E-state index >= 15 is 0 Å². The number of alkyl halides is 3. The van der Waals surface area contributed by atoms with Gasteiger partial charge in [-0.1, -0.05) is 36.4 Å². The van der Waals surface area contributed by atoms with Crippen molar-refractivity contribution < 1.29 is 32.6 Å². The van der Waals surface area contributed by atoms with Crippen molar-refractivity contribution in [1.29, 1.82) is 5.26 Å². The van der Waals surface area contributed by atoms with Crippen LogP contribution in [0.5, 0.6) is 0 Å². The number of carbonyl (C=O) groups is 2. The van der Waals surface area contributed by atoms with Gasteiger partial charge in [0.05, 0.1) is 5.56 Å². The summed E-state index contributed by atoms with van der Waals surface area (Å²) < 4.78 is 43.4. The van der Waals surface area contributed by atoms with E-state index in [0.717, 1.165) is 28.2 Å². The highest BCUT2D eigenvalue weighted by molar-refractivity contribution is 5.90. The molecular weight excluding hydrogens is 439 g/mol. The molecule has 1 heterocycles. The lowest BCUT2D eigenvalue weighted by Crippen LogP contribution is -2.61. The number of nitriles is 1. The molecule has 10 heteroatoms. The molecule has 1 aliphatic rings. The van der Waals surface area contributed by atoms with Gasteiger partial charge < -0.3 is 15.2 Å². The molecule has 0 spiro atoms. The quantitative estimate of drug-likeness (QED) is 0.499. The second kappa shape index (κ2) is 9.92. The van der Waals surface area contributed by atoms with E-state index in [2.05, 4.69) is 5.32 Å². The lowest BCUT2D eigenvalue weighted by Gasteiger charge is -2.37. The largest absolute Gasteiger partial charge is 0.465 e. The molecule has 0 atom stereocenters. The first-order valence-electron chi connectivity index (χ1n) is 10.2. The van der Waals surface area contributed by atoms with Crippen LogP contribution in [0.25, 0.3) is 11.1 Å². The summed E-state index contributed by atoms with van der Waals surface area (Å²) in [5, 5.41) is 20.9. The number of carbonyl (C=O) groups excluding carboxylic acids is 1. The number of halogens is 3. The molecule has 2 amide bonds. The number of benzene rings is 2. The van der Waals surface area contributed by atoms with Crippen LogP contribution < -0.4 is 5.32 Å². The minimum Gasteiger partial charge on any atom is -0.465 e. The van der Waals surface area contributed by atoms with Gasteiger partial charge in [0.1, 0.15) is 5.54 Å². The van der Waals surface area contributed by atoms with Gasteiger partial charge in [-0.2, -0.15) is 18.4 Å². The van der Waals surface area contributed by atoms with Crippen LogP contribution in [0.4, 0.5) is 18.0 Å². The fraction of sp³-hybridized carbons (Fsp3) is 0.348. The topological polar surface area (TPSA) is 103 Å². The van der Waals surface area contributed by atoms with E-state index in [1.807, 2.05) is 6.19 Å². The summed E-state index contributed by atoms with van der Waals surface area (Å²) >= 11 is 0. The molecule has 1 fully saturated rings. The third-order valence-corrected chi connectivity index (χ3v) is 5.59. The van der Waals surface area contributed by atoms with Gasteiger partial charge in [0.2, 0.25) is 0 Å². The van der Waals surface area contributed by atoms with Gasteiger partial charge in [0.15, 0.2) is 6.19 Å². The average Bonchev–Trinajstić information content (AvgIpc) is 2.79. The molecule has 1 saturated heterocycles. The van der Waals surface area contributed by atoms with Crippen LogP contribution in [0, 0.1) is 11.5 Å². The first-order valence-corrected chi connectivity index (χ1v) is 10.2. The molecule has 0 bridgehead atoms. The fourth-order valence-corrected chi connectivity index (χ4v) is 3.73. The summed E-state index contributed by atoms with van der Waals surface area (Å²) in [6.45, 7) is 0.465. The number of carboxylic acid groups (broad SMARTS) is 1. The Balaban J connectivity index is 1.66. The molecule has 174 valence electrons. The van der Waals surface area contributed by atoms with E-state index < -0.39 is 29.3 Å². The smallest absolute Gasteiger partial charge is 0.416 e. The number of nitrogens with zero attached hydrogens (tertiary/aromatic N) is 2. The Morgan fingerprint density at radius 1 is 1.06 bits per heavy atom. The molecule has 2 aromatic carbocycles. The highest BCUT2D eigenvalue weighted by atomic mass is 19.4. The number of amides is 2. The van der Waals surface area contributed by atoms with E-state index in [0.29, 0.717) is 12.0 Å². The van der Waals surface area contributed by atoms with Gasteiger partial charge in [-0.25, -0.2) is 9.69 Å². The summed E-state index contributed by atoms with van der Waals surface area (Å²) in [6.07, 6.45) is -3.28. The van der Waals surface area contributed by atoms with Crippen molar-refractivity contribution in [3.8, 4) is 17.3 Å². The zero-order valence-electron chi connectivity index (χ0n) is 17.6. The lowest BCUT2D eigenvalue weighted by molar-refractivity contribution is -0.139. The highest BCUT2D eigenvalue weighted by Crippen LogP contribution is 2.31. The Morgan fingerprint density at radius 2 is 1.61 bits per heavy atom. The zero-order chi connectivity index (χ0) is 24.1. The summed E-state index contributed by atoms with van der Waals surface area (Å²) in [6, 6.07) is 11.9. The van der Waals surface area contributed by atoms with Crippen LogP contribution in [-0.2, 0) is 22.1 Å². The van der Waals surface area contributed by atoms with Crippen LogP contribution >= 0.6 is 0 Å². The van der Waals surface area contributed by atoms with Crippen molar-refractivity contribution >= 4 is 12.0 Å². The second-order valence-corrected chi connectivity index (χ2v) is 7.70. The molecular formula is C23H22F3N3O4. The Hall–Kier alpha value is -3.58. The molecule has 2 aromatic rings. The Labute approximate surface area is 188 Å². The SMILES string of the molecule is N#CN(CCc1ccc(-c2ccc(C(F)(F)F)cc2)cc1)C(=O)C1(NC(=O)O)CCOCC1. The van der Waals surface area contributed by atoms with Crippen LogP contribution in [0.15, 0.2) is 48.5 Å². The van der Waals surface area contributed by atoms with Crippen LogP contribution in [0.1, 0.15) is 24.0 Å². The van der Waals surface area contributed by atoms with Crippen LogP contribution in [0.2, 0.25) is 0 Å². The van der Waals surface area contributed by atoms with Gasteiger partial charge in [-0.15, -0.1) is 0 Å². The van der Waals surface area contributed by atoms with E-state index in [-0.39, 0.29) is 32.6 Å². The zero-order valence-corrected chi connectivity index (χ0v) is 17.6. The molecule has 0 aliphatic carbocycles. The molecule has 0 aromatic heterocycles. The summed E-state index contributed by atoms with van der Waals surface area (Å²) in [7, 11) is 0. The van der Waals surface area contributed by atoms with Crippen molar-refractivity contribution in [1.82, 2.24) is 10.2 Å². The number of nitrogens with one attached hydrogen (secondary N) is 1.